The van der Waals surface area contributed by atoms with Gasteiger partial charge in [0.25, 0.3) is 0 Å². The molecule has 2 aromatic rings. The van der Waals surface area contributed by atoms with Crippen LogP contribution in [-0.4, -0.2) is 12.8 Å². The molecule has 0 spiro atoms. The smallest absolute Gasteiger partial charge is 0.116 e. The molecule has 0 saturated carbocycles. The van der Waals surface area contributed by atoms with Crippen molar-refractivity contribution < 1.29 is 0 Å². The van der Waals surface area contributed by atoms with Crippen LogP contribution in [0.1, 0.15) is 0 Å². The van der Waals surface area contributed by atoms with Crippen molar-refractivity contribution in [2.75, 3.05) is 0 Å². The van der Waals surface area contributed by atoms with E-state index in [4.69, 9.17) is 19.4 Å². The second kappa shape index (κ2) is 2.79. The molecule has 1 nitrogen and oxygen atoms in total. The van der Waals surface area contributed by atoms with E-state index >= 15 is 0 Å². The van der Waals surface area contributed by atoms with Crippen LogP contribution in [0.25, 0.3) is 10.8 Å². The molecule has 56 valence electrons. The predicted octanol–water partition coefficient (Wildman–Crippen LogP) is 1.68. The molecule has 0 unspecified atom stereocenters. The first-order valence-electron chi connectivity index (χ1n) is 3.57. The Morgan fingerprint density at radius 3 is 2.83 bits per heavy atom. The Hall–Kier alpha value is -1.02. The number of aromatic nitrogens is 1. The highest BCUT2D eigenvalue weighted by molar-refractivity contribution is 6.44. The van der Waals surface area contributed by atoms with E-state index < -0.39 is 0 Å². The highest BCUT2D eigenvalue weighted by Gasteiger charge is 1.99. The van der Waals surface area contributed by atoms with Crippen molar-refractivity contribution in [2.24, 2.45) is 0 Å². The first-order chi connectivity index (χ1) is 5.79. The lowest BCUT2D eigenvalue weighted by molar-refractivity contribution is 1.38. The van der Waals surface area contributed by atoms with E-state index in [1.165, 1.54) is 0 Å². The maximum absolute atomic E-state index is 5.95. The standard InChI is InChI=1S/C9H5BClN/c10-7-5-12-4-6-2-1-3-8(11)9(6)7/h1-5H. The molecule has 1 heterocycles. The minimum absolute atomic E-state index is 0.623. The number of nitrogens with zero attached hydrogens (tertiary/aromatic N) is 1. The average molecular weight is 173 g/mol. The molecule has 2 rings (SSSR count). The van der Waals surface area contributed by atoms with Gasteiger partial charge in [-0.3, -0.25) is 4.98 Å². The number of benzene rings is 1. The number of hydrogen-bond donors (Lipinski definition) is 0. The molecule has 0 fully saturated rings. The van der Waals surface area contributed by atoms with E-state index in [1.807, 2.05) is 18.2 Å². The Labute approximate surface area is 76.8 Å². The SMILES string of the molecule is [B]c1cncc2cccc(Cl)c12. The van der Waals surface area contributed by atoms with E-state index in [1.54, 1.807) is 12.4 Å². The molecule has 0 aliphatic rings. The van der Waals surface area contributed by atoms with Gasteiger partial charge in [-0.25, -0.2) is 0 Å². The second-order valence-corrected chi connectivity index (χ2v) is 2.97. The lowest BCUT2D eigenvalue weighted by Gasteiger charge is -2.02. The number of hydrogen-bond acceptors (Lipinski definition) is 1. The van der Waals surface area contributed by atoms with Crippen molar-refractivity contribution >= 4 is 35.7 Å². The Balaban J connectivity index is 2.96. The minimum Gasteiger partial charge on any atom is -0.265 e. The van der Waals surface area contributed by atoms with Gasteiger partial charge in [-0.2, -0.15) is 0 Å². The van der Waals surface area contributed by atoms with Gasteiger partial charge in [0.1, 0.15) is 7.85 Å². The Morgan fingerprint density at radius 2 is 2.08 bits per heavy atom. The molecule has 2 radical (unpaired) electrons. The summed E-state index contributed by atoms with van der Waals surface area (Å²) in [5.41, 5.74) is 0.623. The van der Waals surface area contributed by atoms with Crippen LogP contribution in [0, 0.1) is 0 Å². The normalized spacial score (nSPS) is 10.4. The summed E-state index contributed by atoms with van der Waals surface area (Å²) in [4.78, 5) is 3.97. The number of fused-ring (bicyclic) bond motifs is 1. The van der Waals surface area contributed by atoms with Gasteiger partial charge in [0.2, 0.25) is 0 Å². The van der Waals surface area contributed by atoms with Crippen LogP contribution < -0.4 is 5.46 Å². The van der Waals surface area contributed by atoms with Crippen molar-refractivity contribution in [3.63, 3.8) is 0 Å². The monoisotopic (exact) mass is 173 g/mol. The molecule has 0 aliphatic heterocycles. The largest absolute Gasteiger partial charge is 0.265 e. The summed E-state index contributed by atoms with van der Waals surface area (Å²) >= 11 is 5.95. The summed E-state index contributed by atoms with van der Waals surface area (Å²) in [6.07, 6.45) is 3.35. The molecule has 1 aromatic carbocycles. The molecule has 0 saturated heterocycles. The lowest BCUT2D eigenvalue weighted by atomic mass is 9.93. The van der Waals surface area contributed by atoms with E-state index in [-0.39, 0.29) is 0 Å². The summed E-state index contributed by atoms with van der Waals surface area (Å²) in [7, 11) is 5.71. The number of halogens is 1. The van der Waals surface area contributed by atoms with Crippen molar-refractivity contribution in [1.82, 2.24) is 4.98 Å². The number of rotatable bonds is 0. The molecular weight excluding hydrogens is 168 g/mol. The molecule has 0 amide bonds. The third kappa shape index (κ3) is 1.08. The van der Waals surface area contributed by atoms with Gasteiger partial charge in [-0.15, -0.1) is 0 Å². The van der Waals surface area contributed by atoms with Crippen LogP contribution in [0.15, 0.2) is 30.6 Å². The zero-order chi connectivity index (χ0) is 8.55. The van der Waals surface area contributed by atoms with Gasteiger partial charge in [-0.05, 0) is 11.5 Å². The van der Waals surface area contributed by atoms with Crippen LogP contribution in [0.2, 0.25) is 5.02 Å². The van der Waals surface area contributed by atoms with Gasteiger partial charge in [0, 0.05) is 22.8 Å². The third-order valence-electron chi connectivity index (χ3n) is 1.76. The van der Waals surface area contributed by atoms with Crippen LogP contribution >= 0.6 is 11.6 Å². The van der Waals surface area contributed by atoms with Gasteiger partial charge < -0.3 is 0 Å². The van der Waals surface area contributed by atoms with E-state index in [0.717, 1.165) is 10.8 Å². The van der Waals surface area contributed by atoms with Gasteiger partial charge >= 0.3 is 0 Å². The van der Waals surface area contributed by atoms with Gasteiger partial charge in [-0.1, -0.05) is 29.2 Å². The van der Waals surface area contributed by atoms with Crippen molar-refractivity contribution in [1.29, 1.82) is 0 Å². The molecule has 12 heavy (non-hydrogen) atoms. The fourth-order valence-electron chi connectivity index (χ4n) is 1.22. The summed E-state index contributed by atoms with van der Waals surface area (Å²) in [6, 6.07) is 5.64. The minimum atomic E-state index is 0.623. The Kier molecular flexibility index (Phi) is 1.78. The number of pyridine rings is 1. The van der Waals surface area contributed by atoms with Gasteiger partial charge in [0.15, 0.2) is 0 Å². The molecule has 0 aliphatic carbocycles. The second-order valence-electron chi connectivity index (χ2n) is 2.57. The van der Waals surface area contributed by atoms with Crippen molar-refractivity contribution in [2.45, 2.75) is 0 Å². The Morgan fingerprint density at radius 1 is 1.25 bits per heavy atom. The fourth-order valence-corrected chi connectivity index (χ4v) is 1.51. The molecule has 1 aromatic heterocycles. The maximum atomic E-state index is 5.95. The van der Waals surface area contributed by atoms with E-state index in [0.29, 0.717) is 10.5 Å². The summed E-state index contributed by atoms with van der Waals surface area (Å²) in [5, 5.41) is 2.53. The highest BCUT2D eigenvalue weighted by Crippen LogP contribution is 2.19. The van der Waals surface area contributed by atoms with Crippen LogP contribution in [-0.2, 0) is 0 Å². The van der Waals surface area contributed by atoms with E-state index in [2.05, 4.69) is 4.98 Å². The van der Waals surface area contributed by atoms with Crippen molar-refractivity contribution in [3.8, 4) is 0 Å². The molecule has 0 atom stereocenters. The molecule has 3 heteroatoms. The molecule has 0 bridgehead atoms. The van der Waals surface area contributed by atoms with Crippen molar-refractivity contribution in [3.05, 3.63) is 35.6 Å². The zero-order valence-electron chi connectivity index (χ0n) is 6.29. The maximum Gasteiger partial charge on any atom is 0.116 e. The van der Waals surface area contributed by atoms with Gasteiger partial charge in [0.05, 0.1) is 0 Å². The zero-order valence-corrected chi connectivity index (χ0v) is 7.05. The molecule has 0 N–H and O–H groups in total. The topological polar surface area (TPSA) is 12.9 Å². The summed E-state index contributed by atoms with van der Waals surface area (Å²) < 4.78 is 0. The summed E-state index contributed by atoms with van der Waals surface area (Å²) in [5.74, 6) is 0. The van der Waals surface area contributed by atoms with Crippen LogP contribution in [0.4, 0.5) is 0 Å². The van der Waals surface area contributed by atoms with Crippen LogP contribution in [0.5, 0.6) is 0 Å². The Bertz CT molecular complexity index is 391. The summed E-state index contributed by atoms with van der Waals surface area (Å²) in [6.45, 7) is 0. The first kappa shape index (κ1) is 7.62. The van der Waals surface area contributed by atoms with Crippen LogP contribution in [0.3, 0.4) is 0 Å². The average Bonchev–Trinajstić information content (AvgIpc) is 2.04. The lowest BCUT2D eigenvalue weighted by Crippen LogP contribution is -2.04. The quantitative estimate of drug-likeness (QED) is 0.553. The fraction of sp³-hybridized carbons (Fsp3) is 0. The van der Waals surface area contributed by atoms with E-state index in [9.17, 15) is 0 Å². The first-order valence-corrected chi connectivity index (χ1v) is 3.94. The predicted molar refractivity (Wildman–Crippen MR) is 52.1 cm³/mol. The highest BCUT2D eigenvalue weighted by atomic mass is 35.5. The third-order valence-corrected chi connectivity index (χ3v) is 2.08. The molecular formula is C9H5BClN.